The lowest BCUT2D eigenvalue weighted by Crippen LogP contribution is -2.22. The van der Waals surface area contributed by atoms with Gasteiger partial charge >= 0.3 is 0 Å². The Bertz CT molecular complexity index is 427. The molecule has 3 nitrogen and oxygen atoms in total. The number of nitrogens with zero attached hydrogens (tertiary/aromatic N) is 2. The molecule has 0 spiro atoms. The van der Waals surface area contributed by atoms with Crippen LogP contribution < -0.4 is 5.73 Å². The molecule has 1 saturated carbocycles. The van der Waals surface area contributed by atoms with Crippen LogP contribution in [-0.4, -0.2) is 15.8 Å². The van der Waals surface area contributed by atoms with Crippen molar-refractivity contribution in [1.82, 2.24) is 9.78 Å². The summed E-state index contributed by atoms with van der Waals surface area (Å²) in [5, 5.41) is 4.75. The standard InChI is InChI=1S/C15H23N3/c16-13-7-5-12(6-8-13)11-14-9-10-18(17-14)15-3-1-2-4-15/h5,9-10,13,15H,1-4,6-8,11,16H2. The van der Waals surface area contributed by atoms with Crippen LogP contribution in [0, 0.1) is 0 Å². The van der Waals surface area contributed by atoms with Gasteiger partial charge in [-0.05, 0) is 38.2 Å². The third-order valence-corrected chi connectivity index (χ3v) is 4.32. The number of aromatic nitrogens is 2. The molecule has 0 amide bonds. The minimum absolute atomic E-state index is 0.379. The Morgan fingerprint density at radius 2 is 2.11 bits per heavy atom. The molecule has 0 aliphatic heterocycles. The van der Waals surface area contributed by atoms with Crippen LogP contribution in [0.5, 0.6) is 0 Å². The first kappa shape index (κ1) is 12.0. The zero-order chi connectivity index (χ0) is 12.4. The molecule has 98 valence electrons. The molecule has 1 heterocycles. The van der Waals surface area contributed by atoms with Crippen LogP contribution in [0.15, 0.2) is 23.9 Å². The molecule has 1 atom stereocenters. The number of hydrogen-bond donors (Lipinski definition) is 1. The molecular weight excluding hydrogens is 222 g/mol. The lowest BCUT2D eigenvalue weighted by molar-refractivity contribution is 0.463. The Hall–Kier alpha value is -1.09. The van der Waals surface area contributed by atoms with Crippen molar-refractivity contribution in [2.45, 2.75) is 63.5 Å². The maximum Gasteiger partial charge on any atom is 0.0665 e. The zero-order valence-corrected chi connectivity index (χ0v) is 11.0. The third kappa shape index (κ3) is 2.66. The van der Waals surface area contributed by atoms with Gasteiger partial charge in [0.2, 0.25) is 0 Å². The predicted molar refractivity (Wildman–Crippen MR) is 73.3 cm³/mol. The predicted octanol–water partition coefficient (Wildman–Crippen LogP) is 2.98. The van der Waals surface area contributed by atoms with Crippen LogP contribution in [0.3, 0.4) is 0 Å². The molecule has 3 rings (SSSR count). The molecule has 18 heavy (non-hydrogen) atoms. The Morgan fingerprint density at radius 1 is 1.28 bits per heavy atom. The summed E-state index contributed by atoms with van der Waals surface area (Å²) < 4.78 is 2.19. The maximum atomic E-state index is 5.91. The molecule has 1 aromatic heterocycles. The van der Waals surface area contributed by atoms with E-state index in [9.17, 15) is 0 Å². The van der Waals surface area contributed by atoms with Gasteiger partial charge in [-0.2, -0.15) is 5.10 Å². The van der Waals surface area contributed by atoms with Crippen molar-refractivity contribution in [3.8, 4) is 0 Å². The van der Waals surface area contributed by atoms with Gasteiger partial charge in [0.1, 0.15) is 0 Å². The van der Waals surface area contributed by atoms with Crippen molar-refractivity contribution < 1.29 is 0 Å². The summed E-state index contributed by atoms with van der Waals surface area (Å²) in [4.78, 5) is 0. The lowest BCUT2D eigenvalue weighted by Gasteiger charge is -2.17. The van der Waals surface area contributed by atoms with Gasteiger partial charge in [0.05, 0.1) is 11.7 Å². The van der Waals surface area contributed by atoms with Crippen molar-refractivity contribution in [3.63, 3.8) is 0 Å². The van der Waals surface area contributed by atoms with Crippen molar-refractivity contribution in [1.29, 1.82) is 0 Å². The molecule has 0 radical (unpaired) electrons. The van der Waals surface area contributed by atoms with Crippen LogP contribution in [0.1, 0.15) is 56.7 Å². The van der Waals surface area contributed by atoms with Gasteiger partial charge in [-0.25, -0.2) is 0 Å². The second-order valence-electron chi connectivity index (χ2n) is 5.80. The van der Waals surface area contributed by atoms with Gasteiger partial charge in [0.25, 0.3) is 0 Å². The molecule has 1 fully saturated rings. The van der Waals surface area contributed by atoms with Gasteiger partial charge in [0.15, 0.2) is 0 Å². The molecule has 0 bridgehead atoms. The highest BCUT2D eigenvalue weighted by molar-refractivity contribution is 5.16. The zero-order valence-electron chi connectivity index (χ0n) is 11.0. The quantitative estimate of drug-likeness (QED) is 0.832. The average Bonchev–Trinajstić information content (AvgIpc) is 3.02. The van der Waals surface area contributed by atoms with Crippen LogP contribution in [-0.2, 0) is 6.42 Å². The fourth-order valence-electron chi connectivity index (χ4n) is 3.15. The van der Waals surface area contributed by atoms with E-state index in [-0.39, 0.29) is 0 Å². The van der Waals surface area contributed by atoms with Crippen molar-refractivity contribution in [2.24, 2.45) is 5.73 Å². The largest absolute Gasteiger partial charge is 0.327 e. The fourth-order valence-corrected chi connectivity index (χ4v) is 3.15. The highest BCUT2D eigenvalue weighted by Gasteiger charge is 2.18. The normalized spacial score (nSPS) is 25.4. The Morgan fingerprint density at radius 3 is 2.83 bits per heavy atom. The van der Waals surface area contributed by atoms with Gasteiger partial charge in [0, 0.05) is 18.7 Å². The molecule has 1 unspecified atom stereocenters. The van der Waals surface area contributed by atoms with Gasteiger partial charge in [-0.15, -0.1) is 0 Å². The summed E-state index contributed by atoms with van der Waals surface area (Å²) in [6.45, 7) is 0. The van der Waals surface area contributed by atoms with E-state index in [0.717, 1.165) is 25.7 Å². The minimum atomic E-state index is 0.379. The van der Waals surface area contributed by atoms with Gasteiger partial charge < -0.3 is 5.73 Å². The first-order chi connectivity index (χ1) is 8.81. The summed E-state index contributed by atoms with van der Waals surface area (Å²) in [5.41, 5.74) is 8.66. The van der Waals surface area contributed by atoms with Gasteiger partial charge in [-0.3, -0.25) is 4.68 Å². The van der Waals surface area contributed by atoms with E-state index in [1.807, 2.05) is 0 Å². The molecule has 3 heteroatoms. The summed E-state index contributed by atoms with van der Waals surface area (Å²) >= 11 is 0. The van der Waals surface area contributed by atoms with E-state index < -0.39 is 0 Å². The first-order valence-corrected chi connectivity index (χ1v) is 7.29. The minimum Gasteiger partial charge on any atom is -0.327 e. The fraction of sp³-hybridized carbons (Fsp3) is 0.667. The van der Waals surface area contributed by atoms with E-state index >= 15 is 0 Å². The van der Waals surface area contributed by atoms with E-state index in [1.54, 1.807) is 0 Å². The van der Waals surface area contributed by atoms with Crippen molar-refractivity contribution in [2.75, 3.05) is 0 Å². The summed E-state index contributed by atoms with van der Waals surface area (Å²) in [6.07, 6.45) is 14.2. The molecule has 2 N–H and O–H groups in total. The number of nitrogens with two attached hydrogens (primary N) is 1. The second kappa shape index (κ2) is 5.27. The number of rotatable bonds is 3. The van der Waals surface area contributed by atoms with Crippen LogP contribution in [0.4, 0.5) is 0 Å². The number of hydrogen-bond acceptors (Lipinski definition) is 2. The Labute approximate surface area is 109 Å². The van der Waals surface area contributed by atoms with E-state index in [0.29, 0.717) is 12.1 Å². The SMILES string of the molecule is NC1CC=C(Cc2ccn(C3CCCC3)n2)CC1. The summed E-state index contributed by atoms with van der Waals surface area (Å²) in [5.74, 6) is 0. The second-order valence-corrected chi connectivity index (χ2v) is 5.80. The van der Waals surface area contributed by atoms with Crippen LogP contribution in [0.2, 0.25) is 0 Å². The first-order valence-electron chi connectivity index (χ1n) is 7.29. The molecular formula is C15H23N3. The van der Waals surface area contributed by atoms with Crippen LogP contribution in [0.25, 0.3) is 0 Å². The monoisotopic (exact) mass is 245 g/mol. The molecule has 0 aromatic carbocycles. The Kier molecular flexibility index (Phi) is 3.50. The Balaban J connectivity index is 1.63. The topological polar surface area (TPSA) is 43.8 Å². The summed E-state index contributed by atoms with van der Waals surface area (Å²) in [7, 11) is 0. The van der Waals surface area contributed by atoms with E-state index in [2.05, 4.69) is 23.0 Å². The summed E-state index contributed by atoms with van der Waals surface area (Å²) in [6, 6.07) is 3.23. The lowest BCUT2D eigenvalue weighted by atomic mass is 9.93. The van der Waals surface area contributed by atoms with E-state index in [4.69, 9.17) is 10.8 Å². The highest BCUT2D eigenvalue weighted by atomic mass is 15.3. The molecule has 2 aliphatic rings. The smallest absolute Gasteiger partial charge is 0.0665 e. The molecule has 1 aromatic rings. The highest BCUT2D eigenvalue weighted by Crippen LogP contribution is 2.29. The maximum absolute atomic E-state index is 5.91. The third-order valence-electron chi connectivity index (χ3n) is 4.32. The molecule has 2 aliphatic carbocycles. The van der Waals surface area contributed by atoms with Crippen molar-refractivity contribution >= 4 is 0 Å². The van der Waals surface area contributed by atoms with Crippen LogP contribution >= 0.6 is 0 Å². The van der Waals surface area contributed by atoms with Crippen molar-refractivity contribution in [3.05, 3.63) is 29.6 Å². The molecule has 0 saturated heterocycles. The van der Waals surface area contributed by atoms with E-state index in [1.165, 1.54) is 37.0 Å². The average molecular weight is 245 g/mol. The number of allylic oxidation sites excluding steroid dienone is 1. The van der Waals surface area contributed by atoms with Gasteiger partial charge in [-0.1, -0.05) is 24.5 Å².